The molecule has 0 spiro atoms. The molecule has 0 fully saturated rings. The number of nitrogens with zero attached hydrogens (tertiary/aromatic N) is 6. The number of rotatable bonds is 14. The molecule has 0 aliphatic heterocycles. The summed E-state index contributed by atoms with van der Waals surface area (Å²) in [4.78, 5) is 72.6. The minimum atomic E-state index is -0.456. The van der Waals surface area contributed by atoms with Gasteiger partial charge in [-0.1, -0.05) is 94.9 Å². The summed E-state index contributed by atoms with van der Waals surface area (Å²) < 4.78 is 9.91. The SMILES string of the molecule is Cn1c(=O)n(CCCO)c(=O)c2c(Cc3ccc(Cl)cc3)c(-c3ccc(Cl)cc3)ncc21.Cn1c(=O)n(CCCOC=O)c(=O)c2c(Cc3ccc(Cl)cc3)c(-c3ccc(Cl)cc3)ncc21.O.[Li+].[OH-]. The average Bonchev–Trinajstić information content (AvgIpc) is 3.32. The number of aryl methyl sites for hydroxylation is 2. The Kier molecular flexibility index (Phi) is 20.3. The zero-order valence-electron chi connectivity index (χ0n) is 37.7. The summed E-state index contributed by atoms with van der Waals surface area (Å²) >= 11 is 24.3. The van der Waals surface area contributed by atoms with Crippen LogP contribution in [0.15, 0.2) is 129 Å². The van der Waals surface area contributed by atoms with E-state index in [9.17, 15) is 29.1 Å². The quantitative estimate of drug-likeness (QED) is 0.0926. The second-order valence-corrected chi connectivity index (χ2v) is 17.1. The third kappa shape index (κ3) is 12.5. The molecule has 4 heterocycles. The molecule has 69 heavy (non-hydrogen) atoms. The van der Waals surface area contributed by atoms with Gasteiger partial charge in [0, 0.05) is 77.9 Å². The number of carbonyl (C=O) groups is 1. The van der Waals surface area contributed by atoms with Gasteiger partial charge in [-0.3, -0.25) is 42.6 Å². The maximum Gasteiger partial charge on any atom is 1.00 e. The van der Waals surface area contributed by atoms with E-state index in [1.165, 1.54) is 18.3 Å². The van der Waals surface area contributed by atoms with E-state index in [-0.39, 0.29) is 56.1 Å². The van der Waals surface area contributed by atoms with Gasteiger partial charge in [-0.15, -0.1) is 0 Å². The second kappa shape index (κ2) is 25.2. The van der Waals surface area contributed by atoms with E-state index in [0.29, 0.717) is 96.6 Å². The molecule has 4 aromatic heterocycles. The molecule has 20 heteroatoms. The number of halogens is 4. The Hall–Kier alpha value is -5.83. The van der Waals surface area contributed by atoms with Crippen LogP contribution in [0.2, 0.25) is 20.1 Å². The van der Waals surface area contributed by atoms with Gasteiger partial charge in [0.1, 0.15) is 0 Å². The number of hydrogen-bond acceptors (Lipinski definition) is 10. The topological polar surface area (TPSA) is 222 Å². The smallest absolute Gasteiger partial charge is 0.870 e. The molecule has 4 aromatic carbocycles. The van der Waals surface area contributed by atoms with Crippen LogP contribution >= 0.6 is 46.4 Å². The van der Waals surface area contributed by atoms with Crippen molar-refractivity contribution in [3.05, 3.63) is 193 Å². The summed E-state index contributed by atoms with van der Waals surface area (Å²) in [5.74, 6) is 0. The van der Waals surface area contributed by atoms with Gasteiger partial charge in [0.25, 0.3) is 17.6 Å². The van der Waals surface area contributed by atoms with Crippen LogP contribution < -0.4 is 41.4 Å². The Bertz CT molecular complexity index is 3310. The van der Waals surface area contributed by atoms with Gasteiger partial charge in [-0.2, -0.15) is 0 Å². The van der Waals surface area contributed by atoms with Gasteiger partial charge < -0.3 is 20.8 Å². The van der Waals surface area contributed by atoms with Crippen molar-refractivity contribution in [3.8, 4) is 22.5 Å². The Balaban J connectivity index is 0.000000288. The van der Waals surface area contributed by atoms with Crippen LogP contribution in [0.5, 0.6) is 0 Å². The molecule has 0 saturated heterocycles. The number of fused-ring (bicyclic) bond motifs is 2. The van der Waals surface area contributed by atoms with E-state index in [1.807, 2.05) is 48.5 Å². The minimum absolute atomic E-state index is 0. The third-order valence-electron chi connectivity index (χ3n) is 11.1. The number of pyridine rings is 2. The summed E-state index contributed by atoms with van der Waals surface area (Å²) in [7, 11) is 3.23. The first kappa shape index (κ1) is 55.8. The summed E-state index contributed by atoms with van der Waals surface area (Å²) in [5.41, 5.74) is 5.40. The Morgan fingerprint density at radius 3 is 1.28 bits per heavy atom. The van der Waals surface area contributed by atoms with E-state index < -0.39 is 22.5 Å². The van der Waals surface area contributed by atoms with Gasteiger partial charge in [-0.05, 0) is 83.6 Å². The van der Waals surface area contributed by atoms with Gasteiger partial charge >= 0.3 is 30.2 Å². The van der Waals surface area contributed by atoms with Crippen molar-refractivity contribution in [2.45, 2.75) is 38.8 Å². The first-order valence-electron chi connectivity index (χ1n) is 20.7. The Labute approximate surface area is 426 Å². The maximum atomic E-state index is 13.6. The summed E-state index contributed by atoms with van der Waals surface area (Å²) in [5, 5.41) is 12.5. The van der Waals surface area contributed by atoms with E-state index in [0.717, 1.165) is 22.3 Å². The fourth-order valence-electron chi connectivity index (χ4n) is 7.73. The average molecular weight is 1010 g/mol. The van der Waals surface area contributed by atoms with Gasteiger partial charge in [0.2, 0.25) is 0 Å². The standard InChI is InChI=1S/C25H21Cl2N3O4.C24H21Cl2N3O3.Li.2H2O/c1-29-21-14-28-23(17-5-9-19(27)10-6-17)20(13-16-3-7-18(26)8-4-16)22(21)24(32)30(25(29)33)11-2-12-34-15-31;1-28-20-14-27-22(16-5-9-18(26)10-6-16)19(13-15-3-7-17(25)8-4-15)21(20)23(31)29(24(28)32)11-2-12-30;;;/h3-10,14-15H,2,11-13H2,1H3;3-10,14,30H,2,11-13H2,1H3;;2*1H2/q;;+1;;/p-1. The van der Waals surface area contributed by atoms with E-state index in [1.54, 1.807) is 75.0 Å². The molecular weight excluding hydrogens is 965 g/mol. The Morgan fingerprint density at radius 2 is 0.928 bits per heavy atom. The first-order chi connectivity index (χ1) is 31.8. The van der Waals surface area contributed by atoms with Crippen molar-refractivity contribution in [2.24, 2.45) is 14.1 Å². The zero-order chi connectivity index (χ0) is 47.1. The number of hydrogen-bond donors (Lipinski definition) is 1. The van der Waals surface area contributed by atoms with Gasteiger partial charge in [0.05, 0.1) is 52.2 Å². The fourth-order valence-corrected chi connectivity index (χ4v) is 8.23. The summed E-state index contributed by atoms with van der Waals surface area (Å²) in [6, 6.07) is 29.2. The first-order valence-corrected chi connectivity index (χ1v) is 22.2. The molecule has 0 bridgehead atoms. The number of aromatic nitrogens is 6. The van der Waals surface area contributed by atoms with Crippen LogP contribution in [0.4, 0.5) is 0 Å². The van der Waals surface area contributed by atoms with Crippen LogP contribution in [-0.4, -0.2) is 64.0 Å². The molecule has 0 aliphatic rings. The van der Waals surface area contributed by atoms with Gasteiger partial charge in [-0.25, -0.2) is 9.59 Å². The summed E-state index contributed by atoms with van der Waals surface area (Å²) in [6.07, 6.45) is 4.58. The molecule has 8 aromatic rings. The molecular formula is C49H45Cl4LiN6O9. The van der Waals surface area contributed by atoms with Crippen molar-refractivity contribution in [2.75, 3.05) is 13.2 Å². The molecule has 15 nitrogen and oxygen atoms in total. The van der Waals surface area contributed by atoms with Crippen molar-refractivity contribution in [1.29, 1.82) is 0 Å². The summed E-state index contributed by atoms with van der Waals surface area (Å²) in [6.45, 7) is 0.597. The number of benzene rings is 4. The zero-order valence-corrected chi connectivity index (χ0v) is 40.7. The van der Waals surface area contributed by atoms with Crippen LogP contribution in [0.1, 0.15) is 35.1 Å². The van der Waals surface area contributed by atoms with E-state index in [2.05, 4.69) is 9.97 Å². The predicted octanol–water partition coefficient (Wildman–Crippen LogP) is 4.27. The van der Waals surface area contributed by atoms with Crippen molar-refractivity contribution >= 4 is 74.7 Å². The van der Waals surface area contributed by atoms with Crippen molar-refractivity contribution in [3.63, 3.8) is 0 Å². The van der Waals surface area contributed by atoms with Gasteiger partial charge in [0.15, 0.2) is 0 Å². The van der Waals surface area contributed by atoms with Crippen LogP contribution in [-0.2, 0) is 49.6 Å². The van der Waals surface area contributed by atoms with Crippen LogP contribution in [0, 0.1) is 0 Å². The van der Waals surface area contributed by atoms with E-state index in [4.69, 9.17) is 51.1 Å². The number of aliphatic hydroxyl groups is 1. The molecule has 0 radical (unpaired) electrons. The molecule has 354 valence electrons. The molecule has 8 rings (SSSR count). The monoisotopic (exact) mass is 1010 g/mol. The predicted molar refractivity (Wildman–Crippen MR) is 266 cm³/mol. The molecule has 0 amide bonds. The third-order valence-corrected chi connectivity index (χ3v) is 12.1. The largest absolute Gasteiger partial charge is 1.00 e. The van der Waals surface area contributed by atoms with Crippen LogP contribution in [0.3, 0.4) is 0 Å². The molecule has 0 aliphatic carbocycles. The molecule has 0 saturated carbocycles. The molecule has 0 unspecified atom stereocenters. The van der Waals surface area contributed by atoms with Crippen molar-refractivity contribution in [1.82, 2.24) is 28.2 Å². The molecule has 4 N–H and O–H groups in total. The second-order valence-electron chi connectivity index (χ2n) is 15.3. The number of aliphatic hydroxyl groups excluding tert-OH is 1. The number of carbonyl (C=O) groups excluding carboxylic acids is 1. The normalized spacial score (nSPS) is 10.7. The maximum absolute atomic E-state index is 13.6. The van der Waals surface area contributed by atoms with Crippen molar-refractivity contribution < 1.29 is 44.5 Å². The Morgan fingerprint density at radius 1 is 0.580 bits per heavy atom. The molecule has 0 atom stereocenters. The fraction of sp³-hybridized carbons (Fsp3) is 0.204. The van der Waals surface area contributed by atoms with E-state index >= 15 is 0 Å². The number of ether oxygens (including phenoxy) is 1. The minimum Gasteiger partial charge on any atom is -0.870 e. The van der Waals surface area contributed by atoms with Crippen LogP contribution in [0.25, 0.3) is 44.3 Å².